The molecule has 5 aromatic rings. The van der Waals surface area contributed by atoms with Gasteiger partial charge in [-0.05, 0) is 48.0 Å². The van der Waals surface area contributed by atoms with E-state index >= 15 is 0 Å². The summed E-state index contributed by atoms with van der Waals surface area (Å²) in [7, 11) is 3.24. The van der Waals surface area contributed by atoms with Crippen LogP contribution in [0.3, 0.4) is 0 Å². The fraction of sp³-hybridized carbons (Fsp3) is 0.0714. The second-order valence-corrected chi connectivity index (χ2v) is 7.60. The Balaban J connectivity index is 1.66. The zero-order chi connectivity index (χ0) is 23.5. The Kier molecular flexibility index (Phi) is 5.59. The number of para-hydroxylation sites is 1. The molecule has 0 aliphatic rings. The minimum Gasteiger partial charge on any atom is -0.497 e. The van der Waals surface area contributed by atoms with Gasteiger partial charge in [0.2, 0.25) is 5.88 Å². The van der Waals surface area contributed by atoms with Gasteiger partial charge in [0.1, 0.15) is 28.9 Å². The van der Waals surface area contributed by atoms with Gasteiger partial charge in [0, 0.05) is 40.0 Å². The van der Waals surface area contributed by atoms with E-state index in [0.717, 1.165) is 39.1 Å². The van der Waals surface area contributed by atoms with Crippen molar-refractivity contribution in [2.75, 3.05) is 14.2 Å². The number of nitriles is 1. The molecule has 6 heteroatoms. The number of ether oxygens (including phenoxy) is 2. The maximum Gasteiger partial charge on any atom is 0.238 e. The van der Waals surface area contributed by atoms with Crippen molar-refractivity contribution >= 4 is 23.0 Å². The van der Waals surface area contributed by atoms with E-state index in [1.165, 1.54) is 0 Å². The van der Waals surface area contributed by atoms with Gasteiger partial charge in [0.15, 0.2) is 0 Å². The number of fused-ring (bicyclic) bond motifs is 1. The Labute approximate surface area is 196 Å². The van der Waals surface area contributed by atoms with E-state index in [2.05, 4.69) is 16.0 Å². The first-order chi connectivity index (χ1) is 16.7. The molecule has 166 valence electrons. The summed E-state index contributed by atoms with van der Waals surface area (Å²) in [5.41, 5.74) is 4.63. The first-order valence-corrected chi connectivity index (χ1v) is 10.7. The predicted octanol–water partition coefficient (Wildman–Crippen LogP) is 6.73. The molecule has 1 N–H and O–H groups in total. The van der Waals surface area contributed by atoms with Crippen LogP contribution in [0.2, 0.25) is 0 Å². The first kappa shape index (κ1) is 21.1. The molecule has 0 fully saturated rings. The van der Waals surface area contributed by atoms with E-state index in [1.54, 1.807) is 20.4 Å². The van der Waals surface area contributed by atoms with Gasteiger partial charge in [0.25, 0.3) is 0 Å². The van der Waals surface area contributed by atoms with Gasteiger partial charge >= 0.3 is 0 Å². The summed E-state index contributed by atoms with van der Waals surface area (Å²) >= 11 is 0. The molecular weight excluding hydrogens is 426 g/mol. The number of aliphatic imine (C=N–C) groups is 1. The van der Waals surface area contributed by atoms with Crippen LogP contribution in [0.1, 0.15) is 11.1 Å². The molecule has 6 nitrogen and oxygen atoms in total. The molecule has 0 bridgehead atoms. The van der Waals surface area contributed by atoms with Crippen LogP contribution in [0.5, 0.6) is 11.5 Å². The van der Waals surface area contributed by atoms with Crippen LogP contribution in [-0.2, 0) is 0 Å². The first-order valence-electron chi connectivity index (χ1n) is 10.7. The van der Waals surface area contributed by atoms with Gasteiger partial charge in [0.05, 0.1) is 14.2 Å². The number of nitrogens with zero attached hydrogens (tertiary/aromatic N) is 2. The molecule has 0 saturated heterocycles. The lowest BCUT2D eigenvalue weighted by Crippen LogP contribution is -1.87. The molecule has 5 rings (SSSR count). The van der Waals surface area contributed by atoms with Crippen molar-refractivity contribution < 1.29 is 13.9 Å². The molecular formula is C28H21N3O3. The van der Waals surface area contributed by atoms with E-state index < -0.39 is 0 Å². The monoisotopic (exact) mass is 447 g/mol. The van der Waals surface area contributed by atoms with Crippen LogP contribution in [0, 0.1) is 11.3 Å². The zero-order valence-corrected chi connectivity index (χ0v) is 18.7. The summed E-state index contributed by atoms with van der Waals surface area (Å²) in [6.07, 6.45) is 3.60. The van der Waals surface area contributed by atoms with Crippen LogP contribution in [0.15, 0.2) is 88.4 Å². The van der Waals surface area contributed by atoms with E-state index in [9.17, 15) is 5.26 Å². The van der Waals surface area contributed by atoms with E-state index in [0.29, 0.717) is 16.9 Å². The molecule has 0 amide bonds. The van der Waals surface area contributed by atoms with Gasteiger partial charge in [-0.1, -0.05) is 30.3 Å². The molecule has 2 heterocycles. The number of methoxy groups -OCH3 is 2. The largest absolute Gasteiger partial charge is 0.497 e. The third-order valence-corrected chi connectivity index (χ3v) is 5.67. The highest BCUT2D eigenvalue weighted by atomic mass is 16.5. The van der Waals surface area contributed by atoms with Gasteiger partial charge in [-0.15, -0.1) is 0 Å². The molecule has 0 spiro atoms. The van der Waals surface area contributed by atoms with Crippen molar-refractivity contribution in [3.8, 4) is 40.0 Å². The van der Waals surface area contributed by atoms with Crippen molar-refractivity contribution in [1.29, 1.82) is 5.26 Å². The molecule has 0 atom stereocenters. The molecule has 0 saturated carbocycles. The summed E-state index contributed by atoms with van der Waals surface area (Å²) < 4.78 is 16.8. The fourth-order valence-corrected chi connectivity index (χ4v) is 3.92. The fourth-order valence-electron chi connectivity index (χ4n) is 3.92. The summed E-state index contributed by atoms with van der Waals surface area (Å²) in [4.78, 5) is 7.82. The predicted molar refractivity (Wildman–Crippen MR) is 133 cm³/mol. The second-order valence-electron chi connectivity index (χ2n) is 7.60. The highest BCUT2D eigenvalue weighted by molar-refractivity contribution is 6.00. The number of aromatic nitrogens is 1. The van der Waals surface area contributed by atoms with Crippen LogP contribution in [0.25, 0.3) is 33.4 Å². The molecule has 0 aliphatic carbocycles. The number of hydrogen-bond acceptors (Lipinski definition) is 5. The van der Waals surface area contributed by atoms with Crippen LogP contribution in [0.4, 0.5) is 5.88 Å². The molecule has 2 aromatic heterocycles. The number of aromatic amines is 1. The normalized spacial score (nSPS) is 11.1. The van der Waals surface area contributed by atoms with Crippen LogP contribution >= 0.6 is 0 Å². The average molecular weight is 447 g/mol. The highest BCUT2D eigenvalue weighted by Gasteiger charge is 2.23. The lowest BCUT2D eigenvalue weighted by molar-refractivity contribution is 0.414. The molecule has 0 radical (unpaired) electrons. The SMILES string of the molecule is COc1ccc(-c2oc(N=Cc3c[nH]c4ccccc34)c(C#N)c2-c2ccc(OC)cc2)cc1. The third kappa shape index (κ3) is 3.80. The third-order valence-electron chi connectivity index (χ3n) is 5.67. The summed E-state index contributed by atoms with van der Waals surface area (Å²) in [5.74, 6) is 2.29. The van der Waals surface area contributed by atoms with E-state index in [-0.39, 0.29) is 5.88 Å². The van der Waals surface area contributed by atoms with Gasteiger partial charge < -0.3 is 18.9 Å². The highest BCUT2D eigenvalue weighted by Crippen LogP contribution is 2.43. The quantitative estimate of drug-likeness (QED) is 0.292. The second kappa shape index (κ2) is 9.00. The summed E-state index contributed by atoms with van der Waals surface area (Å²) in [6, 6.07) is 25.3. The lowest BCUT2D eigenvalue weighted by Gasteiger charge is -2.06. The van der Waals surface area contributed by atoms with Gasteiger partial charge in [-0.25, -0.2) is 4.99 Å². The zero-order valence-electron chi connectivity index (χ0n) is 18.7. The van der Waals surface area contributed by atoms with Crippen molar-refractivity contribution in [3.63, 3.8) is 0 Å². The maximum atomic E-state index is 10.1. The number of H-pyrrole nitrogens is 1. The van der Waals surface area contributed by atoms with Crippen molar-refractivity contribution in [2.45, 2.75) is 0 Å². The molecule has 0 aliphatic heterocycles. The Morgan fingerprint density at radius 1 is 0.882 bits per heavy atom. The minimum absolute atomic E-state index is 0.254. The Morgan fingerprint density at radius 2 is 1.53 bits per heavy atom. The summed E-state index contributed by atoms with van der Waals surface area (Å²) in [5, 5.41) is 11.1. The number of nitrogens with one attached hydrogen (secondary N) is 1. The van der Waals surface area contributed by atoms with E-state index in [1.807, 2.05) is 79.0 Å². The topological polar surface area (TPSA) is 83.5 Å². The van der Waals surface area contributed by atoms with Crippen molar-refractivity contribution in [2.24, 2.45) is 4.99 Å². The Hall–Kier alpha value is -4.76. The number of hydrogen-bond donors (Lipinski definition) is 1. The molecule has 34 heavy (non-hydrogen) atoms. The van der Waals surface area contributed by atoms with Crippen LogP contribution in [-0.4, -0.2) is 25.4 Å². The standard InChI is InChI=1S/C28H21N3O3/c1-32-21-11-7-18(8-12-21)26-24(15-29)28(34-27(26)19-9-13-22(33-2)14-10-19)31-17-20-16-30-25-6-4-3-5-23(20)25/h3-14,16-17,30H,1-2H3. The minimum atomic E-state index is 0.254. The Bertz CT molecular complexity index is 1520. The lowest BCUT2D eigenvalue weighted by atomic mass is 9.98. The maximum absolute atomic E-state index is 10.1. The molecule has 0 unspecified atom stereocenters. The summed E-state index contributed by atoms with van der Waals surface area (Å²) in [6.45, 7) is 0. The van der Waals surface area contributed by atoms with Crippen molar-refractivity contribution in [1.82, 2.24) is 4.98 Å². The Morgan fingerprint density at radius 3 is 2.18 bits per heavy atom. The van der Waals surface area contributed by atoms with Gasteiger partial charge in [-0.3, -0.25) is 0 Å². The van der Waals surface area contributed by atoms with Gasteiger partial charge in [-0.2, -0.15) is 5.26 Å². The number of rotatable bonds is 6. The number of benzene rings is 3. The van der Waals surface area contributed by atoms with E-state index in [4.69, 9.17) is 13.9 Å². The van der Waals surface area contributed by atoms with Crippen LogP contribution < -0.4 is 9.47 Å². The van der Waals surface area contributed by atoms with Crippen molar-refractivity contribution in [3.05, 3.63) is 90.1 Å². The molecule has 3 aromatic carbocycles. The number of furan rings is 1. The average Bonchev–Trinajstić information content (AvgIpc) is 3.48. The smallest absolute Gasteiger partial charge is 0.238 e.